The highest BCUT2D eigenvalue weighted by molar-refractivity contribution is 5.45. The SMILES string of the molecule is CC(C)Cc1nc(C#N)c(NCC(c2ccco2)N(C)C)o1. The Bertz CT molecular complexity index is 623. The zero-order valence-corrected chi connectivity index (χ0v) is 13.5. The van der Waals surface area contributed by atoms with Gasteiger partial charge in [0.25, 0.3) is 0 Å². The predicted molar refractivity (Wildman–Crippen MR) is 83.4 cm³/mol. The fourth-order valence-electron chi connectivity index (χ4n) is 2.20. The van der Waals surface area contributed by atoms with E-state index in [1.54, 1.807) is 6.26 Å². The fourth-order valence-corrected chi connectivity index (χ4v) is 2.20. The number of furan rings is 1. The van der Waals surface area contributed by atoms with Gasteiger partial charge in [0.05, 0.1) is 12.3 Å². The van der Waals surface area contributed by atoms with Gasteiger partial charge in [0, 0.05) is 13.0 Å². The molecule has 0 radical (unpaired) electrons. The molecule has 6 nitrogen and oxygen atoms in total. The van der Waals surface area contributed by atoms with Crippen molar-refractivity contribution in [3.05, 3.63) is 35.7 Å². The normalized spacial score (nSPS) is 12.6. The zero-order valence-electron chi connectivity index (χ0n) is 13.5. The van der Waals surface area contributed by atoms with Gasteiger partial charge in [0.2, 0.25) is 11.6 Å². The standard InChI is InChI=1S/C16H22N4O2/c1-11(2)8-15-19-12(9-17)16(22-15)18-10-13(20(3)4)14-6-5-7-21-14/h5-7,11,13,18H,8,10H2,1-4H3. The molecular weight excluding hydrogens is 280 g/mol. The van der Waals surface area contributed by atoms with Crippen LogP contribution in [0.25, 0.3) is 0 Å². The number of likely N-dealkylation sites (N-methyl/N-ethyl adjacent to an activating group) is 1. The van der Waals surface area contributed by atoms with Crippen LogP contribution in [0.3, 0.4) is 0 Å². The molecule has 22 heavy (non-hydrogen) atoms. The number of nitrogens with zero attached hydrogens (tertiary/aromatic N) is 3. The lowest BCUT2D eigenvalue weighted by Crippen LogP contribution is -2.26. The molecule has 0 bridgehead atoms. The first-order chi connectivity index (χ1) is 10.5. The molecule has 0 aliphatic heterocycles. The number of hydrogen-bond donors (Lipinski definition) is 1. The summed E-state index contributed by atoms with van der Waals surface area (Å²) in [6.45, 7) is 4.73. The summed E-state index contributed by atoms with van der Waals surface area (Å²) in [6, 6.07) is 5.91. The van der Waals surface area contributed by atoms with Crippen molar-refractivity contribution in [1.29, 1.82) is 5.26 Å². The molecule has 2 aromatic rings. The summed E-state index contributed by atoms with van der Waals surface area (Å²) < 4.78 is 11.1. The lowest BCUT2D eigenvalue weighted by Gasteiger charge is -2.22. The first-order valence-corrected chi connectivity index (χ1v) is 7.34. The number of rotatable bonds is 7. The second kappa shape index (κ2) is 7.14. The molecule has 1 N–H and O–H groups in total. The highest BCUT2D eigenvalue weighted by atomic mass is 16.4. The van der Waals surface area contributed by atoms with Crippen LogP contribution in [0, 0.1) is 17.2 Å². The smallest absolute Gasteiger partial charge is 0.232 e. The zero-order chi connectivity index (χ0) is 16.1. The molecule has 0 aliphatic carbocycles. The van der Waals surface area contributed by atoms with Gasteiger partial charge in [-0.25, -0.2) is 4.98 Å². The average Bonchev–Trinajstić information content (AvgIpc) is 3.08. The van der Waals surface area contributed by atoms with Crippen LogP contribution in [0.15, 0.2) is 27.2 Å². The average molecular weight is 302 g/mol. The van der Waals surface area contributed by atoms with Gasteiger partial charge in [-0.2, -0.15) is 5.26 Å². The van der Waals surface area contributed by atoms with E-state index in [0.29, 0.717) is 36.4 Å². The Labute approximate surface area is 130 Å². The second-order valence-electron chi connectivity index (χ2n) is 5.87. The van der Waals surface area contributed by atoms with Gasteiger partial charge in [-0.1, -0.05) is 13.8 Å². The van der Waals surface area contributed by atoms with Crippen molar-refractivity contribution in [2.24, 2.45) is 5.92 Å². The molecule has 0 aromatic carbocycles. The molecule has 2 heterocycles. The van der Waals surface area contributed by atoms with Crippen molar-refractivity contribution in [2.75, 3.05) is 26.0 Å². The molecule has 1 unspecified atom stereocenters. The Balaban J connectivity index is 2.09. The van der Waals surface area contributed by atoms with E-state index < -0.39 is 0 Å². The summed E-state index contributed by atoms with van der Waals surface area (Å²) >= 11 is 0. The number of hydrogen-bond acceptors (Lipinski definition) is 6. The largest absolute Gasteiger partial charge is 0.468 e. The van der Waals surface area contributed by atoms with E-state index >= 15 is 0 Å². The summed E-state index contributed by atoms with van der Waals surface area (Å²) in [6.07, 6.45) is 2.37. The maximum atomic E-state index is 9.18. The van der Waals surface area contributed by atoms with Gasteiger partial charge >= 0.3 is 0 Å². The number of nitrogens with one attached hydrogen (secondary N) is 1. The van der Waals surface area contributed by atoms with Crippen molar-refractivity contribution in [1.82, 2.24) is 9.88 Å². The Morgan fingerprint density at radius 2 is 2.18 bits per heavy atom. The van der Waals surface area contributed by atoms with Crippen LogP contribution < -0.4 is 5.32 Å². The number of anilines is 1. The van der Waals surface area contributed by atoms with Gasteiger partial charge < -0.3 is 14.2 Å². The van der Waals surface area contributed by atoms with Crippen LogP contribution in [-0.2, 0) is 6.42 Å². The Morgan fingerprint density at radius 3 is 2.73 bits per heavy atom. The van der Waals surface area contributed by atoms with Crippen molar-refractivity contribution in [2.45, 2.75) is 26.3 Å². The van der Waals surface area contributed by atoms with Crippen LogP contribution in [0.2, 0.25) is 0 Å². The van der Waals surface area contributed by atoms with Crippen molar-refractivity contribution < 1.29 is 8.83 Å². The summed E-state index contributed by atoms with van der Waals surface area (Å²) in [5.41, 5.74) is 0.299. The van der Waals surface area contributed by atoms with E-state index in [9.17, 15) is 5.26 Å². The minimum absolute atomic E-state index is 0.0418. The Kier molecular flexibility index (Phi) is 5.23. The Morgan fingerprint density at radius 1 is 1.41 bits per heavy atom. The van der Waals surface area contributed by atoms with E-state index in [1.165, 1.54) is 0 Å². The molecular formula is C16H22N4O2. The maximum Gasteiger partial charge on any atom is 0.232 e. The van der Waals surface area contributed by atoms with Gasteiger partial charge in [0.15, 0.2) is 5.89 Å². The third-order valence-corrected chi connectivity index (χ3v) is 3.31. The summed E-state index contributed by atoms with van der Waals surface area (Å²) in [5, 5.41) is 12.4. The second-order valence-corrected chi connectivity index (χ2v) is 5.87. The van der Waals surface area contributed by atoms with Crippen LogP contribution in [-0.4, -0.2) is 30.5 Å². The number of oxazole rings is 1. The quantitative estimate of drug-likeness (QED) is 0.847. The van der Waals surface area contributed by atoms with Gasteiger partial charge in [-0.3, -0.25) is 4.90 Å². The minimum Gasteiger partial charge on any atom is -0.468 e. The van der Waals surface area contributed by atoms with Gasteiger partial charge in [0.1, 0.15) is 11.8 Å². The molecule has 1 atom stereocenters. The topological polar surface area (TPSA) is 78.2 Å². The van der Waals surface area contributed by atoms with Crippen LogP contribution >= 0.6 is 0 Å². The highest BCUT2D eigenvalue weighted by Crippen LogP contribution is 2.23. The minimum atomic E-state index is 0.0418. The summed E-state index contributed by atoms with van der Waals surface area (Å²) in [5.74, 6) is 2.30. The van der Waals surface area contributed by atoms with E-state index in [1.807, 2.05) is 31.1 Å². The van der Waals surface area contributed by atoms with E-state index in [2.05, 4.69) is 30.2 Å². The van der Waals surface area contributed by atoms with Crippen molar-refractivity contribution >= 4 is 5.88 Å². The van der Waals surface area contributed by atoms with Crippen molar-refractivity contribution in [3.63, 3.8) is 0 Å². The highest BCUT2D eigenvalue weighted by Gasteiger charge is 2.19. The number of aromatic nitrogens is 1. The molecule has 6 heteroatoms. The molecule has 0 saturated carbocycles. The number of nitriles is 1. The third-order valence-electron chi connectivity index (χ3n) is 3.31. The molecule has 0 aliphatic rings. The van der Waals surface area contributed by atoms with E-state index in [4.69, 9.17) is 8.83 Å². The molecule has 2 rings (SSSR count). The monoisotopic (exact) mass is 302 g/mol. The third kappa shape index (κ3) is 3.89. The van der Waals surface area contributed by atoms with E-state index in [0.717, 1.165) is 5.76 Å². The van der Waals surface area contributed by atoms with Crippen LogP contribution in [0.1, 0.15) is 37.2 Å². The first kappa shape index (κ1) is 16.1. The molecule has 0 amide bonds. The first-order valence-electron chi connectivity index (χ1n) is 7.34. The molecule has 0 spiro atoms. The summed E-state index contributed by atoms with van der Waals surface area (Å²) in [4.78, 5) is 6.27. The fraction of sp³-hybridized carbons (Fsp3) is 0.500. The summed E-state index contributed by atoms with van der Waals surface area (Å²) in [7, 11) is 3.95. The molecule has 2 aromatic heterocycles. The lowest BCUT2D eigenvalue weighted by molar-refractivity contribution is 0.268. The Hall–Kier alpha value is -2.26. The van der Waals surface area contributed by atoms with Gasteiger partial charge in [-0.15, -0.1) is 0 Å². The van der Waals surface area contributed by atoms with Crippen molar-refractivity contribution in [3.8, 4) is 6.07 Å². The van der Waals surface area contributed by atoms with Gasteiger partial charge in [-0.05, 0) is 32.1 Å². The molecule has 0 fully saturated rings. The lowest BCUT2D eigenvalue weighted by atomic mass is 10.1. The predicted octanol–water partition coefficient (Wildman–Crippen LogP) is 3.05. The van der Waals surface area contributed by atoms with Crippen LogP contribution in [0.5, 0.6) is 0 Å². The maximum absolute atomic E-state index is 9.18. The van der Waals surface area contributed by atoms with E-state index in [-0.39, 0.29) is 6.04 Å². The van der Waals surface area contributed by atoms with Crippen LogP contribution in [0.4, 0.5) is 5.88 Å². The molecule has 118 valence electrons. The molecule has 0 saturated heterocycles.